The quantitative estimate of drug-likeness (QED) is 0.134. The van der Waals surface area contributed by atoms with E-state index in [0.717, 1.165) is 41.8 Å². The number of para-hydroxylation sites is 1. The molecule has 268 valence electrons. The summed E-state index contributed by atoms with van der Waals surface area (Å²) in [5.41, 5.74) is 2.91. The van der Waals surface area contributed by atoms with Gasteiger partial charge in [-0.3, -0.25) is 14.3 Å². The molecule has 12 heteroatoms. The van der Waals surface area contributed by atoms with Gasteiger partial charge in [0.2, 0.25) is 14.3 Å². The highest BCUT2D eigenvalue weighted by molar-refractivity contribution is 6.72. The molecule has 0 saturated carbocycles. The minimum Gasteiger partial charge on any atom is -0.395 e. The molecule has 7 rings (SSSR count). The van der Waals surface area contributed by atoms with Crippen molar-refractivity contribution in [1.82, 2.24) is 20.3 Å². The number of hydrogen-bond donors (Lipinski definition) is 3. The molecule has 4 aromatic rings. The summed E-state index contributed by atoms with van der Waals surface area (Å²) in [6, 6.07) is 25.0. The first-order valence-electron chi connectivity index (χ1n) is 18.0. The van der Waals surface area contributed by atoms with Crippen LogP contribution in [0.3, 0.4) is 0 Å². The van der Waals surface area contributed by atoms with E-state index >= 15 is 4.11 Å². The van der Waals surface area contributed by atoms with Crippen LogP contribution in [0.2, 0.25) is 18.6 Å². The number of hydrogen-bond acceptors (Lipinski definition) is 7. The SMILES string of the molecule is C[C@@H]1[C@@H]([Si](C)(C)F)[C@H](CCn2cc(C(CO)c3ccccc3)nn2)O[C@@]12C(=O)N(Cc1cccc(NC(=O)C3CCCNC3)c1)c1ccccc12. The maximum Gasteiger partial charge on any atom is 0.264 e. The van der Waals surface area contributed by atoms with Gasteiger partial charge < -0.3 is 29.5 Å². The molecule has 3 aliphatic rings. The number of aryl methyl sites for hydroxylation is 1. The molecular weight excluding hydrogens is 664 g/mol. The fraction of sp³-hybridized carbons (Fsp3) is 0.436. The number of halogens is 1. The van der Waals surface area contributed by atoms with E-state index in [1.165, 1.54) is 0 Å². The van der Waals surface area contributed by atoms with E-state index in [1.807, 2.05) is 92.0 Å². The second-order valence-corrected chi connectivity index (χ2v) is 18.5. The van der Waals surface area contributed by atoms with Crippen LogP contribution < -0.4 is 15.5 Å². The third kappa shape index (κ3) is 6.77. The Kier molecular flexibility index (Phi) is 9.94. The van der Waals surface area contributed by atoms with Gasteiger partial charge >= 0.3 is 0 Å². The molecule has 3 aromatic carbocycles. The fourth-order valence-corrected chi connectivity index (χ4v) is 11.1. The van der Waals surface area contributed by atoms with Gasteiger partial charge in [0.05, 0.1) is 42.5 Å². The smallest absolute Gasteiger partial charge is 0.264 e. The van der Waals surface area contributed by atoms with E-state index < -0.39 is 31.6 Å². The van der Waals surface area contributed by atoms with Gasteiger partial charge in [-0.05, 0) is 68.2 Å². The highest BCUT2D eigenvalue weighted by atomic mass is 28.4. The number of benzene rings is 3. The van der Waals surface area contributed by atoms with E-state index in [0.29, 0.717) is 30.9 Å². The molecule has 1 aromatic heterocycles. The van der Waals surface area contributed by atoms with Crippen LogP contribution in [0.1, 0.15) is 54.5 Å². The summed E-state index contributed by atoms with van der Waals surface area (Å²) in [7, 11) is -3.35. The van der Waals surface area contributed by atoms with E-state index in [1.54, 1.807) is 22.7 Å². The molecule has 3 N–H and O–H groups in total. The maximum absolute atomic E-state index is 16.4. The second-order valence-electron chi connectivity index (χ2n) is 14.8. The van der Waals surface area contributed by atoms with Crippen LogP contribution in [0, 0.1) is 11.8 Å². The minimum absolute atomic E-state index is 0.00399. The predicted octanol–water partition coefficient (Wildman–Crippen LogP) is 5.75. The number of amides is 2. The van der Waals surface area contributed by atoms with Gasteiger partial charge in [-0.1, -0.05) is 72.8 Å². The van der Waals surface area contributed by atoms with E-state index in [2.05, 4.69) is 20.9 Å². The maximum atomic E-state index is 16.4. The summed E-state index contributed by atoms with van der Waals surface area (Å²) >= 11 is 0. The third-order valence-electron chi connectivity index (χ3n) is 11.0. The van der Waals surface area contributed by atoms with E-state index in [4.69, 9.17) is 4.74 Å². The van der Waals surface area contributed by atoms with Crippen molar-refractivity contribution in [3.05, 3.63) is 107 Å². The lowest BCUT2D eigenvalue weighted by Gasteiger charge is -2.31. The highest BCUT2D eigenvalue weighted by Gasteiger charge is 2.66. The number of aliphatic hydroxyl groups is 1. The van der Waals surface area contributed by atoms with Crippen molar-refractivity contribution in [2.45, 2.75) is 75.5 Å². The first kappa shape index (κ1) is 35.2. The lowest BCUT2D eigenvalue weighted by molar-refractivity contribution is -0.146. The molecule has 0 radical (unpaired) electrons. The second kappa shape index (κ2) is 14.4. The Hall–Kier alpha value is -4.23. The number of aromatic nitrogens is 3. The van der Waals surface area contributed by atoms with Crippen molar-refractivity contribution in [3.8, 4) is 0 Å². The van der Waals surface area contributed by atoms with Gasteiger partial charge in [0.1, 0.15) is 0 Å². The summed E-state index contributed by atoms with van der Waals surface area (Å²) in [6.07, 6.45) is 3.59. The average Bonchev–Trinajstić information content (AvgIpc) is 3.79. The molecule has 1 spiro atoms. The predicted molar refractivity (Wildman–Crippen MR) is 196 cm³/mol. The molecule has 51 heavy (non-hydrogen) atoms. The third-order valence-corrected chi connectivity index (χ3v) is 13.5. The summed E-state index contributed by atoms with van der Waals surface area (Å²) in [5, 5.41) is 25.2. The van der Waals surface area contributed by atoms with Crippen LogP contribution in [0.15, 0.2) is 85.1 Å². The van der Waals surface area contributed by atoms with Crippen LogP contribution in [0.25, 0.3) is 0 Å². The number of rotatable bonds is 11. The molecule has 10 nitrogen and oxygen atoms in total. The zero-order valence-electron chi connectivity index (χ0n) is 29.5. The fourth-order valence-electron chi connectivity index (χ4n) is 8.58. The summed E-state index contributed by atoms with van der Waals surface area (Å²) < 4.78 is 25.0. The number of nitrogens with one attached hydrogen (secondary N) is 2. The zero-order chi connectivity index (χ0) is 35.8. The Labute approximate surface area is 299 Å². The molecule has 0 aliphatic carbocycles. The molecule has 4 heterocycles. The summed E-state index contributed by atoms with van der Waals surface area (Å²) in [6.45, 7) is 7.57. The van der Waals surface area contributed by atoms with Gasteiger partial charge in [0, 0.05) is 42.0 Å². The van der Waals surface area contributed by atoms with Crippen LogP contribution in [0.5, 0.6) is 0 Å². The van der Waals surface area contributed by atoms with Gasteiger partial charge in [-0.15, -0.1) is 5.10 Å². The average molecular weight is 711 g/mol. The van der Waals surface area contributed by atoms with Crippen molar-refractivity contribution in [1.29, 1.82) is 0 Å². The lowest BCUT2D eigenvalue weighted by Crippen LogP contribution is -2.45. The standard InChI is InChI=1S/C39H47FN6O4Si/c1-26-36(51(2,3)40)35(18-20-45-24-33(43-44-45)31(25-47)28-12-5-4-6-13-28)50-39(26)32-16-7-8-17-34(32)46(38(39)49)23-27-11-9-15-30(21-27)42-37(48)29-14-10-19-41-22-29/h4-9,11-13,15-17,21,24,26,29,31,35-36,41,47H,10,14,18-20,22-23,25H2,1-3H3,(H,42,48)/t26-,29?,31?,35+,36-,39+/m1/s1. The number of ether oxygens (including phenoxy) is 1. The molecule has 6 atom stereocenters. The molecule has 2 fully saturated rings. The van der Waals surface area contributed by atoms with Crippen LogP contribution in [-0.2, 0) is 33.0 Å². The van der Waals surface area contributed by atoms with Crippen LogP contribution in [0.4, 0.5) is 15.5 Å². The van der Waals surface area contributed by atoms with E-state index in [-0.39, 0.29) is 36.8 Å². The van der Waals surface area contributed by atoms with Crippen LogP contribution >= 0.6 is 0 Å². The monoisotopic (exact) mass is 710 g/mol. The Morgan fingerprint density at radius 1 is 1.14 bits per heavy atom. The van der Waals surface area contributed by atoms with Crippen molar-refractivity contribution in [3.63, 3.8) is 0 Å². The number of aliphatic hydroxyl groups excluding tert-OH is 1. The Morgan fingerprint density at radius 2 is 1.92 bits per heavy atom. The molecule has 2 saturated heterocycles. The number of carbonyl (C=O) groups is 2. The van der Waals surface area contributed by atoms with Crippen LogP contribution in [-0.4, -0.2) is 66.1 Å². The molecule has 2 unspecified atom stereocenters. The number of carbonyl (C=O) groups excluding carboxylic acids is 2. The van der Waals surface area contributed by atoms with Crippen molar-refractivity contribution in [2.24, 2.45) is 11.8 Å². The van der Waals surface area contributed by atoms with Crippen molar-refractivity contribution in [2.75, 3.05) is 29.9 Å². The van der Waals surface area contributed by atoms with Crippen molar-refractivity contribution < 1.29 is 23.5 Å². The number of nitrogens with zero attached hydrogens (tertiary/aromatic N) is 4. The van der Waals surface area contributed by atoms with Gasteiger partial charge in [0.25, 0.3) is 5.91 Å². The minimum atomic E-state index is -3.35. The molecule has 0 bridgehead atoms. The van der Waals surface area contributed by atoms with Crippen molar-refractivity contribution >= 4 is 31.6 Å². The Balaban J connectivity index is 1.12. The summed E-state index contributed by atoms with van der Waals surface area (Å²) in [5.74, 6) is -0.985. The summed E-state index contributed by atoms with van der Waals surface area (Å²) in [4.78, 5) is 29.5. The molecular formula is C39H47FN6O4Si. The Bertz CT molecular complexity index is 1860. The normalized spacial score (nSPS) is 25.3. The number of fused-ring (bicyclic) bond motifs is 2. The van der Waals surface area contributed by atoms with Gasteiger partial charge in [0.15, 0.2) is 5.60 Å². The number of piperidine rings is 1. The van der Waals surface area contributed by atoms with Gasteiger partial charge in [-0.25, -0.2) is 0 Å². The largest absolute Gasteiger partial charge is 0.395 e. The number of anilines is 2. The zero-order valence-corrected chi connectivity index (χ0v) is 30.5. The topological polar surface area (TPSA) is 122 Å². The first-order valence-corrected chi connectivity index (χ1v) is 21.0. The van der Waals surface area contributed by atoms with E-state index in [9.17, 15) is 14.7 Å². The molecule has 3 aliphatic heterocycles. The lowest BCUT2D eigenvalue weighted by atomic mass is 9.82. The highest BCUT2D eigenvalue weighted by Crippen LogP contribution is 2.60. The first-order chi connectivity index (χ1) is 24.6. The Morgan fingerprint density at radius 3 is 2.67 bits per heavy atom. The van der Waals surface area contributed by atoms with Gasteiger partial charge in [-0.2, -0.15) is 0 Å². The molecule has 2 amide bonds.